The van der Waals surface area contributed by atoms with Gasteiger partial charge in [0.25, 0.3) is 5.75 Å². The Kier molecular flexibility index (Phi) is 5.95. The molecule has 0 aliphatic heterocycles. The molecule has 2 aromatic rings. The van der Waals surface area contributed by atoms with Crippen LogP contribution in [0.25, 0.3) is 0 Å². The van der Waals surface area contributed by atoms with Crippen LogP contribution in [0.1, 0.15) is 5.56 Å². The van der Waals surface area contributed by atoms with Gasteiger partial charge in [-0.05, 0) is 6.07 Å². The molecule has 2 aromatic carbocycles. The lowest BCUT2D eigenvalue weighted by Crippen LogP contribution is -2.10. The van der Waals surface area contributed by atoms with E-state index < -0.39 is 49.5 Å². The van der Waals surface area contributed by atoms with Crippen molar-refractivity contribution in [3.63, 3.8) is 0 Å². The number of alkyl halides is 3. The first-order valence-corrected chi connectivity index (χ1v) is 7.90. The molecule has 0 aliphatic carbocycles. The first-order valence-electron chi connectivity index (χ1n) is 6.39. The number of nitro groups is 2. The van der Waals surface area contributed by atoms with Crippen LogP contribution in [-0.2, 0) is 6.18 Å². The van der Waals surface area contributed by atoms with E-state index in [0.29, 0.717) is 0 Å². The summed E-state index contributed by atoms with van der Waals surface area (Å²) in [5.41, 5.74) is -4.57. The molecule has 0 saturated carbocycles. The molecule has 0 fully saturated rings. The third-order valence-corrected chi connectivity index (χ3v) is 4.44. The summed E-state index contributed by atoms with van der Waals surface area (Å²) in [6, 6.07) is 2.07. The van der Waals surface area contributed by atoms with E-state index >= 15 is 0 Å². The van der Waals surface area contributed by atoms with Crippen molar-refractivity contribution in [2.45, 2.75) is 6.18 Å². The zero-order valence-corrected chi connectivity index (χ0v) is 15.3. The molecule has 0 heterocycles. The van der Waals surface area contributed by atoms with Crippen molar-refractivity contribution >= 4 is 57.8 Å². The van der Waals surface area contributed by atoms with Gasteiger partial charge >= 0.3 is 17.6 Å². The maximum atomic E-state index is 13.0. The number of halogens is 7. The minimum Gasteiger partial charge on any atom is -0.442 e. The van der Waals surface area contributed by atoms with Gasteiger partial charge in [0.05, 0.1) is 30.5 Å². The highest BCUT2D eigenvalue weighted by atomic mass is 35.5. The van der Waals surface area contributed by atoms with Gasteiger partial charge in [-0.15, -0.1) is 0 Å². The molecule has 0 radical (unpaired) electrons. The van der Waals surface area contributed by atoms with Gasteiger partial charge in [-0.3, -0.25) is 20.2 Å². The second kappa shape index (κ2) is 7.55. The second-order valence-electron chi connectivity index (χ2n) is 4.75. The van der Waals surface area contributed by atoms with Crippen LogP contribution >= 0.6 is 46.4 Å². The third-order valence-electron chi connectivity index (χ3n) is 3.04. The van der Waals surface area contributed by atoms with Crippen LogP contribution < -0.4 is 4.74 Å². The topological polar surface area (TPSA) is 95.5 Å². The molecule has 0 amide bonds. The first kappa shape index (κ1) is 21.3. The van der Waals surface area contributed by atoms with Crippen LogP contribution in [0.3, 0.4) is 0 Å². The van der Waals surface area contributed by atoms with Crippen molar-refractivity contribution in [1.82, 2.24) is 0 Å². The zero-order valence-electron chi connectivity index (χ0n) is 12.3. The Morgan fingerprint density at radius 2 is 1.44 bits per heavy atom. The van der Waals surface area contributed by atoms with Crippen LogP contribution in [-0.4, -0.2) is 9.85 Å². The van der Waals surface area contributed by atoms with Gasteiger partial charge in [0.2, 0.25) is 0 Å². The van der Waals surface area contributed by atoms with Crippen molar-refractivity contribution in [2.24, 2.45) is 0 Å². The van der Waals surface area contributed by atoms with Crippen molar-refractivity contribution in [2.75, 3.05) is 0 Å². The van der Waals surface area contributed by atoms with E-state index in [1.54, 1.807) is 0 Å². The molecule has 2 rings (SSSR count). The molecule has 144 valence electrons. The molecule has 7 nitrogen and oxygen atoms in total. The van der Waals surface area contributed by atoms with Crippen molar-refractivity contribution < 1.29 is 27.8 Å². The highest BCUT2D eigenvalue weighted by Gasteiger charge is 2.43. The number of hydrogen-bond acceptors (Lipinski definition) is 5. The lowest BCUT2D eigenvalue weighted by molar-refractivity contribution is -0.395. The summed E-state index contributed by atoms with van der Waals surface area (Å²) in [7, 11) is 0. The molecule has 27 heavy (non-hydrogen) atoms. The lowest BCUT2D eigenvalue weighted by atomic mass is 10.1. The molecular weight excluding hydrogens is 463 g/mol. The number of ether oxygens (including phenoxy) is 1. The molecule has 0 bridgehead atoms. The smallest absolute Gasteiger partial charge is 0.418 e. The zero-order chi connectivity index (χ0) is 20.7. The van der Waals surface area contributed by atoms with Gasteiger partial charge in [0, 0.05) is 12.1 Å². The normalized spacial score (nSPS) is 11.4. The Morgan fingerprint density at radius 3 is 1.93 bits per heavy atom. The Hall–Kier alpha value is -2.01. The predicted molar refractivity (Wildman–Crippen MR) is 91.3 cm³/mol. The summed E-state index contributed by atoms with van der Waals surface area (Å²) < 4.78 is 44.2. The summed E-state index contributed by atoms with van der Waals surface area (Å²) in [4.78, 5) is 19.8. The Balaban J connectivity index is 2.82. The Labute approximate surface area is 167 Å². The molecule has 0 N–H and O–H groups in total. The number of rotatable bonds is 4. The van der Waals surface area contributed by atoms with Gasteiger partial charge in [-0.2, -0.15) is 13.2 Å². The van der Waals surface area contributed by atoms with Gasteiger partial charge in [0.1, 0.15) is 10.8 Å². The molecule has 0 saturated heterocycles. The molecule has 14 heteroatoms. The summed E-state index contributed by atoms with van der Waals surface area (Å²) in [5.74, 6) is -1.57. The van der Waals surface area contributed by atoms with Crippen LogP contribution in [0.4, 0.5) is 24.5 Å². The number of nitro benzene ring substituents is 2. The van der Waals surface area contributed by atoms with Crippen LogP contribution in [0, 0.1) is 20.2 Å². The number of nitrogens with zero attached hydrogens (tertiary/aromatic N) is 2. The van der Waals surface area contributed by atoms with Gasteiger partial charge in [0.15, 0.2) is 0 Å². The fraction of sp³-hybridized carbons (Fsp3) is 0.0769. The van der Waals surface area contributed by atoms with Crippen LogP contribution in [0.5, 0.6) is 11.5 Å². The maximum absolute atomic E-state index is 13.0. The van der Waals surface area contributed by atoms with Gasteiger partial charge < -0.3 is 4.74 Å². The predicted octanol–water partition coefficient (Wildman–Crippen LogP) is 6.93. The van der Waals surface area contributed by atoms with E-state index in [1.807, 2.05) is 0 Å². The molecule has 0 spiro atoms. The van der Waals surface area contributed by atoms with Crippen molar-refractivity contribution in [3.8, 4) is 11.5 Å². The van der Waals surface area contributed by atoms with Gasteiger partial charge in [-0.25, -0.2) is 0 Å². The van der Waals surface area contributed by atoms with E-state index in [4.69, 9.17) is 51.1 Å². The molecule has 0 aromatic heterocycles. The highest BCUT2D eigenvalue weighted by Crippen LogP contribution is 2.51. The third kappa shape index (κ3) is 4.29. The highest BCUT2D eigenvalue weighted by molar-refractivity contribution is 6.43. The van der Waals surface area contributed by atoms with Gasteiger partial charge in [-0.1, -0.05) is 46.4 Å². The largest absolute Gasteiger partial charge is 0.442 e. The first-order chi connectivity index (χ1) is 12.3. The lowest BCUT2D eigenvalue weighted by Gasteiger charge is -2.13. The summed E-state index contributed by atoms with van der Waals surface area (Å²) in [6.45, 7) is 0. The maximum Gasteiger partial charge on any atom is 0.418 e. The molecule has 0 aliphatic rings. The number of benzene rings is 2. The summed E-state index contributed by atoms with van der Waals surface area (Å²) in [5, 5.41) is 20.7. The Bertz CT molecular complexity index is 968. The second-order valence-corrected chi connectivity index (χ2v) is 6.35. The van der Waals surface area contributed by atoms with E-state index in [2.05, 4.69) is 0 Å². The number of hydrogen-bond donors (Lipinski definition) is 0. The fourth-order valence-electron chi connectivity index (χ4n) is 1.91. The minimum atomic E-state index is -5.19. The van der Waals surface area contributed by atoms with E-state index in [-0.39, 0.29) is 21.1 Å². The van der Waals surface area contributed by atoms with E-state index in [1.165, 1.54) is 0 Å². The molecule has 0 atom stereocenters. The van der Waals surface area contributed by atoms with E-state index in [9.17, 15) is 33.4 Å². The van der Waals surface area contributed by atoms with Crippen molar-refractivity contribution in [3.05, 3.63) is 64.1 Å². The molecular formula is C13H3Cl4F3N2O5. The Morgan fingerprint density at radius 1 is 0.889 bits per heavy atom. The average Bonchev–Trinajstić information content (AvgIpc) is 2.50. The minimum absolute atomic E-state index is 0.0239. The summed E-state index contributed by atoms with van der Waals surface area (Å²) in [6.07, 6.45) is -5.19. The SMILES string of the molecule is O=[N+]([O-])c1cc(C(F)(F)F)c(Cl)c([N+](=O)[O-])c1Oc1cc(Cl)c(Cl)cc1Cl. The van der Waals surface area contributed by atoms with E-state index in [0.717, 1.165) is 12.1 Å². The van der Waals surface area contributed by atoms with Crippen LogP contribution in [0.15, 0.2) is 18.2 Å². The monoisotopic (exact) mass is 464 g/mol. The fourth-order valence-corrected chi connectivity index (χ4v) is 2.80. The molecule has 0 unspecified atom stereocenters. The standard InChI is InChI=1S/C13H3Cl4F3N2O5/c14-5-2-7(16)9(3-6(5)15)27-12-8(21(23)24)1-4(13(18,19)20)10(17)11(12)22(25)26/h1-3H. The van der Waals surface area contributed by atoms with Crippen LogP contribution in [0.2, 0.25) is 20.1 Å². The average molecular weight is 466 g/mol. The van der Waals surface area contributed by atoms with Crippen molar-refractivity contribution in [1.29, 1.82) is 0 Å². The quantitative estimate of drug-likeness (QED) is 0.277. The summed E-state index contributed by atoms with van der Waals surface area (Å²) >= 11 is 22.8.